The van der Waals surface area contributed by atoms with E-state index in [9.17, 15) is 17.6 Å². The summed E-state index contributed by atoms with van der Waals surface area (Å²) in [4.78, 5) is 22.6. The SMILES string of the molecule is CCOC(=O)CCc1c(C)nc2ncnn2c1N1CCN(S(=O)(=O)c2ccc(F)c(Cl)c2)CC1. The van der Waals surface area contributed by atoms with Crippen LogP contribution in [0.25, 0.3) is 5.78 Å². The Morgan fingerprint density at radius 3 is 2.65 bits per heavy atom. The van der Waals surface area contributed by atoms with Crippen LogP contribution in [0.1, 0.15) is 24.6 Å². The number of ether oxygens (including phenoxy) is 1. The Kier molecular flexibility index (Phi) is 7.01. The van der Waals surface area contributed by atoms with Crippen LogP contribution in [0.15, 0.2) is 29.4 Å². The van der Waals surface area contributed by atoms with Crippen LogP contribution in [0.3, 0.4) is 0 Å². The molecule has 4 rings (SSSR count). The first kappa shape index (κ1) is 24.3. The van der Waals surface area contributed by atoms with Gasteiger partial charge in [-0.05, 0) is 38.5 Å². The van der Waals surface area contributed by atoms with E-state index in [0.29, 0.717) is 31.9 Å². The molecule has 0 bridgehead atoms. The second-order valence-electron chi connectivity index (χ2n) is 7.74. The Bertz CT molecular complexity index is 1320. The number of piperazine rings is 1. The van der Waals surface area contributed by atoms with E-state index in [0.717, 1.165) is 29.2 Å². The number of rotatable bonds is 7. The number of esters is 1. The van der Waals surface area contributed by atoms with E-state index in [1.165, 1.54) is 16.7 Å². The first-order valence-corrected chi connectivity index (χ1v) is 12.6. The molecule has 13 heteroatoms. The summed E-state index contributed by atoms with van der Waals surface area (Å²) in [5, 5.41) is 4.05. The average molecular weight is 511 g/mol. The van der Waals surface area contributed by atoms with E-state index in [4.69, 9.17) is 16.3 Å². The highest BCUT2D eigenvalue weighted by Gasteiger charge is 2.31. The van der Waals surface area contributed by atoms with Gasteiger partial charge < -0.3 is 9.64 Å². The van der Waals surface area contributed by atoms with Crippen LogP contribution in [-0.2, 0) is 26.0 Å². The van der Waals surface area contributed by atoms with Crippen molar-refractivity contribution in [2.24, 2.45) is 0 Å². The summed E-state index contributed by atoms with van der Waals surface area (Å²) in [5.74, 6) is 0.167. The number of aromatic nitrogens is 4. The molecule has 2 aromatic heterocycles. The fourth-order valence-electron chi connectivity index (χ4n) is 3.97. The van der Waals surface area contributed by atoms with Crippen molar-refractivity contribution in [1.82, 2.24) is 23.9 Å². The number of benzene rings is 1. The van der Waals surface area contributed by atoms with Gasteiger partial charge in [-0.2, -0.15) is 18.9 Å². The van der Waals surface area contributed by atoms with E-state index in [1.807, 2.05) is 11.8 Å². The molecule has 1 aliphatic heterocycles. The first-order chi connectivity index (χ1) is 16.2. The van der Waals surface area contributed by atoms with E-state index >= 15 is 0 Å². The zero-order chi connectivity index (χ0) is 24.5. The Morgan fingerprint density at radius 1 is 1.24 bits per heavy atom. The summed E-state index contributed by atoms with van der Waals surface area (Å²) in [7, 11) is -3.84. The summed E-state index contributed by atoms with van der Waals surface area (Å²) < 4.78 is 47.6. The third-order valence-electron chi connectivity index (χ3n) is 5.66. The van der Waals surface area contributed by atoms with Crippen molar-refractivity contribution in [3.05, 3.63) is 46.6 Å². The number of hydrogen-bond acceptors (Lipinski definition) is 8. The Hall–Kier alpha value is -2.83. The number of carbonyl (C=O) groups is 1. The van der Waals surface area contributed by atoms with Gasteiger partial charge in [0.25, 0.3) is 5.78 Å². The molecule has 1 fully saturated rings. The minimum absolute atomic E-state index is 0.0547. The zero-order valence-corrected chi connectivity index (χ0v) is 20.3. The molecule has 0 unspecified atom stereocenters. The number of sulfonamides is 1. The molecule has 1 aliphatic rings. The first-order valence-electron chi connectivity index (χ1n) is 10.8. The zero-order valence-electron chi connectivity index (χ0n) is 18.7. The molecule has 0 atom stereocenters. The summed E-state index contributed by atoms with van der Waals surface area (Å²) in [6, 6.07) is 3.38. The molecule has 3 heterocycles. The number of anilines is 1. The highest BCUT2D eigenvalue weighted by molar-refractivity contribution is 7.89. The molecular formula is C21H24ClFN6O4S. The Balaban J connectivity index is 1.59. The molecule has 0 amide bonds. The van der Waals surface area contributed by atoms with Crippen molar-refractivity contribution in [2.45, 2.75) is 31.6 Å². The average Bonchev–Trinajstić information content (AvgIpc) is 3.27. The summed E-state index contributed by atoms with van der Waals surface area (Å²) >= 11 is 5.79. The van der Waals surface area contributed by atoms with Crippen LogP contribution >= 0.6 is 11.6 Å². The molecule has 0 radical (unpaired) electrons. The Labute approximate surface area is 201 Å². The van der Waals surface area contributed by atoms with Crippen molar-refractivity contribution < 1.29 is 22.3 Å². The van der Waals surface area contributed by atoms with Crippen LogP contribution in [0.4, 0.5) is 10.2 Å². The molecule has 1 saturated heterocycles. The predicted octanol–water partition coefficient (Wildman–Crippen LogP) is 2.23. The highest BCUT2D eigenvalue weighted by Crippen LogP contribution is 2.28. The lowest BCUT2D eigenvalue weighted by molar-refractivity contribution is -0.143. The molecule has 0 aliphatic carbocycles. The highest BCUT2D eigenvalue weighted by atomic mass is 35.5. The largest absolute Gasteiger partial charge is 0.466 e. The third-order valence-corrected chi connectivity index (χ3v) is 7.84. The normalized spacial score (nSPS) is 15.1. The van der Waals surface area contributed by atoms with Gasteiger partial charge in [-0.25, -0.2) is 17.8 Å². The predicted molar refractivity (Wildman–Crippen MR) is 123 cm³/mol. The molecule has 3 aromatic rings. The van der Waals surface area contributed by atoms with Gasteiger partial charge in [-0.1, -0.05) is 11.6 Å². The van der Waals surface area contributed by atoms with Gasteiger partial charge in [0.15, 0.2) is 0 Å². The number of nitrogens with zero attached hydrogens (tertiary/aromatic N) is 6. The molecule has 34 heavy (non-hydrogen) atoms. The smallest absolute Gasteiger partial charge is 0.306 e. The van der Waals surface area contributed by atoms with Crippen LogP contribution < -0.4 is 4.90 Å². The summed E-state index contributed by atoms with van der Waals surface area (Å²) in [6.07, 6.45) is 1.98. The van der Waals surface area contributed by atoms with Gasteiger partial charge in [0.2, 0.25) is 10.0 Å². The van der Waals surface area contributed by atoms with E-state index < -0.39 is 15.8 Å². The van der Waals surface area contributed by atoms with Crippen LogP contribution in [0.5, 0.6) is 0 Å². The number of fused-ring (bicyclic) bond motifs is 1. The number of aryl methyl sites for hydroxylation is 1. The van der Waals surface area contributed by atoms with Crippen LogP contribution in [0.2, 0.25) is 5.02 Å². The molecule has 1 aromatic carbocycles. The standard InChI is InChI=1S/C21H24ClFN6O4S/c1-3-33-19(30)7-5-16-14(2)26-21-24-13-25-29(21)20(16)27-8-10-28(11-9-27)34(31,32)15-4-6-18(23)17(22)12-15/h4,6,12-13H,3,5,7-11H2,1-2H3. The summed E-state index contributed by atoms with van der Waals surface area (Å²) in [6.45, 7) is 5.06. The van der Waals surface area contributed by atoms with Gasteiger partial charge in [-0.3, -0.25) is 4.79 Å². The molecule has 10 nitrogen and oxygen atoms in total. The number of hydrogen-bond donors (Lipinski definition) is 0. The monoisotopic (exact) mass is 510 g/mol. The molecule has 182 valence electrons. The minimum atomic E-state index is -3.84. The maximum Gasteiger partial charge on any atom is 0.306 e. The van der Waals surface area contributed by atoms with Crippen LogP contribution in [0, 0.1) is 12.7 Å². The van der Waals surface area contributed by atoms with Gasteiger partial charge in [0, 0.05) is 43.9 Å². The topological polar surface area (TPSA) is 110 Å². The lowest BCUT2D eigenvalue weighted by Crippen LogP contribution is -2.49. The molecule has 0 N–H and O–H groups in total. The van der Waals surface area contributed by atoms with E-state index in [-0.39, 0.29) is 35.4 Å². The van der Waals surface area contributed by atoms with Crippen molar-refractivity contribution in [2.75, 3.05) is 37.7 Å². The van der Waals surface area contributed by atoms with Crippen molar-refractivity contribution in [3.63, 3.8) is 0 Å². The molecule has 0 spiro atoms. The Morgan fingerprint density at radius 2 is 1.97 bits per heavy atom. The second-order valence-corrected chi connectivity index (χ2v) is 10.1. The number of halogens is 2. The summed E-state index contributed by atoms with van der Waals surface area (Å²) in [5.41, 5.74) is 1.54. The third kappa shape index (κ3) is 4.70. The maximum absolute atomic E-state index is 13.5. The number of carbonyl (C=O) groups excluding carboxylic acids is 1. The second kappa shape index (κ2) is 9.80. The van der Waals surface area contributed by atoms with E-state index in [2.05, 4.69) is 15.1 Å². The van der Waals surface area contributed by atoms with Gasteiger partial charge >= 0.3 is 5.97 Å². The van der Waals surface area contributed by atoms with Gasteiger partial charge in [-0.15, -0.1) is 0 Å². The van der Waals surface area contributed by atoms with Crippen molar-refractivity contribution >= 4 is 39.2 Å². The minimum Gasteiger partial charge on any atom is -0.466 e. The quantitative estimate of drug-likeness (QED) is 0.445. The fraction of sp³-hybridized carbons (Fsp3) is 0.429. The molecular weight excluding hydrogens is 487 g/mol. The van der Waals surface area contributed by atoms with Crippen molar-refractivity contribution in [1.29, 1.82) is 0 Å². The van der Waals surface area contributed by atoms with Crippen molar-refractivity contribution in [3.8, 4) is 0 Å². The van der Waals surface area contributed by atoms with Crippen LogP contribution in [-0.4, -0.2) is 71.1 Å². The lowest BCUT2D eigenvalue weighted by atomic mass is 10.1. The van der Waals surface area contributed by atoms with Gasteiger partial charge in [0.05, 0.1) is 16.5 Å². The van der Waals surface area contributed by atoms with Gasteiger partial charge in [0.1, 0.15) is 18.0 Å². The fourth-order valence-corrected chi connectivity index (χ4v) is 5.67. The lowest BCUT2D eigenvalue weighted by Gasteiger charge is -2.36. The van der Waals surface area contributed by atoms with E-state index in [1.54, 1.807) is 11.4 Å². The maximum atomic E-state index is 13.5. The molecule has 0 saturated carbocycles.